The standard InChI is InChI=1S/C24H22N4O3S2/c1-17(23(29)27-19-11-8-14-21(15-19)33(25,30)31)32-24-26-16-22(18-9-4-2-5-10-18)28(24)20-12-6-3-7-13-20/h2-17H,1H3,(H,27,29)(H2,25,30,31). The minimum Gasteiger partial charge on any atom is -0.325 e. The fourth-order valence-corrected chi connectivity index (χ4v) is 4.73. The van der Waals surface area contributed by atoms with Crippen molar-refractivity contribution >= 4 is 33.4 Å². The molecule has 0 aliphatic heterocycles. The number of imidazole rings is 1. The van der Waals surface area contributed by atoms with Crippen LogP contribution in [0.4, 0.5) is 5.69 Å². The Hall–Kier alpha value is -3.40. The smallest absolute Gasteiger partial charge is 0.238 e. The third-order valence-electron chi connectivity index (χ3n) is 4.89. The number of carbonyl (C=O) groups is 1. The molecule has 1 amide bonds. The Balaban J connectivity index is 1.60. The number of para-hydroxylation sites is 1. The maximum absolute atomic E-state index is 12.9. The van der Waals surface area contributed by atoms with Gasteiger partial charge >= 0.3 is 0 Å². The molecule has 1 atom stereocenters. The number of benzene rings is 3. The highest BCUT2D eigenvalue weighted by molar-refractivity contribution is 8.00. The van der Waals surface area contributed by atoms with Crippen LogP contribution in [0.2, 0.25) is 0 Å². The van der Waals surface area contributed by atoms with Gasteiger partial charge in [-0.05, 0) is 37.3 Å². The Morgan fingerprint density at radius 2 is 1.67 bits per heavy atom. The molecule has 0 spiro atoms. The van der Waals surface area contributed by atoms with E-state index in [-0.39, 0.29) is 10.8 Å². The molecule has 1 unspecified atom stereocenters. The number of hydrogen-bond acceptors (Lipinski definition) is 5. The molecule has 0 saturated heterocycles. The number of nitrogens with one attached hydrogen (secondary N) is 1. The average molecular weight is 479 g/mol. The first-order valence-corrected chi connectivity index (χ1v) is 12.5. The average Bonchev–Trinajstić information content (AvgIpc) is 3.23. The van der Waals surface area contributed by atoms with Gasteiger partial charge in [-0.1, -0.05) is 66.4 Å². The van der Waals surface area contributed by atoms with Crippen molar-refractivity contribution in [2.75, 3.05) is 5.32 Å². The summed E-state index contributed by atoms with van der Waals surface area (Å²) in [6, 6.07) is 25.6. The Bertz CT molecular complexity index is 1370. The molecule has 0 bridgehead atoms. The van der Waals surface area contributed by atoms with E-state index in [0.717, 1.165) is 16.9 Å². The summed E-state index contributed by atoms with van der Waals surface area (Å²) in [7, 11) is -3.86. The lowest BCUT2D eigenvalue weighted by Crippen LogP contribution is -2.23. The second kappa shape index (κ2) is 9.62. The Kier molecular flexibility index (Phi) is 6.64. The molecule has 168 valence electrons. The van der Waals surface area contributed by atoms with Crippen LogP contribution in [0.5, 0.6) is 0 Å². The summed E-state index contributed by atoms with van der Waals surface area (Å²) in [5, 5.41) is 8.10. The third kappa shape index (κ3) is 5.33. The molecule has 1 aromatic heterocycles. The second-order valence-electron chi connectivity index (χ2n) is 7.29. The van der Waals surface area contributed by atoms with Gasteiger partial charge in [-0.15, -0.1) is 0 Å². The van der Waals surface area contributed by atoms with Crippen molar-refractivity contribution in [3.05, 3.63) is 91.1 Å². The van der Waals surface area contributed by atoms with Crippen LogP contribution in [-0.2, 0) is 14.8 Å². The van der Waals surface area contributed by atoms with Gasteiger partial charge in [0, 0.05) is 16.9 Å². The molecule has 7 nitrogen and oxygen atoms in total. The number of carbonyl (C=O) groups excluding carboxylic acids is 1. The first-order valence-electron chi connectivity index (χ1n) is 10.1. The number of hydrogen-bond donors (Lipinski definition) is 2. The zero-order valence-corrected chi connectivity index (χ0v) is 19.4. The van der Waals surface area contributed by atoms with E-state index in [4.69, 9.17) is 5.14 Å². The van der Waals surface area contributed by atoms with Crippen LogP contribution < -0.4 is 10.5 Å². The number of nitrogens with zero attached hydrogens (tertiary/aromatic N) is 2. The highest BCUT2D eigenvalue weighted by atomic mass is 32.2. The number of anilines is 1. The molecule has 9 heteroatoms. The van der Waals surface area contributed by atoms with Crippen molar-refractivity contribution < 1.29 is 13.2 Å². The monoisotopic (exact) mass is 478 g/mol. The van der Waals surface area contributed by atoms with Gasteiger partial charge in [0.2, 0.25) is 15.9 Å². The summed E-state index contributed by atoms with van der Waals surface area (Å²) in [6.45, 7) is 1.77. The van der Waals surface area contributed by atoms with E-state index in [1.54, 1.807) is 19.2 Å². The lowest BCUT2D eigenvalue weighted by molar-refractivity contribution is -0.115. The molecule has 0 radical (unpaired) electrons. The Morgan fingerprint density at radius 1 is 1.00 bits per heavy atom. The van der Waals surface area contributed by atoms with Gasteiger partial charge in [-0.2, -0.15) is 0 Å². The quantitative estimate of drug-likeness (QED) is 0.385. The van der Waals surface area contributed by atoms with Crippen molar-refractivity contribution in [3.8, 4) is 16.9 Å². The third-order valence-corrected chi connectivity index (χ3v) is 6.87. The summed E-state index contributed by atoms with van der Waals surface area (Å²) in [4.78, 5) is 17.4. The topological polar surface area (TPSA) is 107 Å². The number of thioether (sulfide) groups is 1. The number of nitrogens with two attached hydrogens (primary N) is 1. The Labute approximate surface area is 196 Å². The van der Waals surface area contributed by atoms with Gasteiger partial charge in [-0.3, -0.25) is 9.36 Å². The van der Waals surface area contributed by atoms with Crippen LogP contribution in [0.1, 0.15) is 6.92 Å². The van der Waals surface area contributed by atoms with Gasteiger partial charge in [0.05, 0.1) is 22.0 Å². The van der Waals surface area contributed by atoms with E-state index in [1.807, 2.05) is 65.2 Å². The number of aromatic nitrogens is 2. The van der Waals surface area contributed by atoms with Crippen LogP contribution in [0.15, 0.2) is 101 Å². The largest absolute Gasteiger partial charge is 0.325 e. The van der Waals surface area contributed by atoms with Crippen molar-refractivity contribution in [1.29, 1.82) is 0 Å². The van der Waals surface area contributed by atoms with Crippen LogP contribution in [-0.4, -0.2) is 29.1 Å². The van der Waals surface area contributed by atoms with E-state index < -0.39 is 15.3 Å². The summed E-state index contributed by atoms with van der Waals surface area (Å²) in [6.07, 6.45) is 1.80. The molecule has 0 aliphatic carbocycles. The maximum atomic E-state index is 12.9. The van der Waals surface area contributed by atoms with Gasteiger partial charge in [-0.25, -0.2) is 18.5 Å². The molecule has 1 heterocycles. The molecule has 3 aromatic carbocycles. The van der Waals surface area contributed by atoms with Gasteiger partial charge in [0.15, 0.2) is 5.16 Å². The molecule has 3 N–H and O–H groups in total. The zero-order valence-electron chi connectivity index (χ0n) is 17.8. The predicted molar refractivity (Wildman–Crippen MR) is 131 cm³/mol. The fourth-order valence-electron chi connectivity index (χ4n) is 3.26. The highest BCUT2D eigenvalue weighted by Crippen LogP contribution is 2.32. The van der Waals surface area contributed by atoms with Gasteiger partial charge in [0.1, 0.15) is 0 Å². The van der Waals surface area contributed by atoms with Crippen LogP contribution in [0.25, 0.3) is 16.9 Å². The highest BCUT2D eigenvalue weighted by Gasteiger charge is 2.21. The van der Waals surface area contributed by atoms with E-state index in [2.05, 4.69) is 10.3 Å². The normalized spacial score (nSPS) is 12.3. The van der Waals surface area contributed by atoms with Crippen molar-refractivity contribution in [3.63, 3.8) is 0 Å². The zero-order chi connectivity index (χ0) is 23.4. The van der Waals surface area contributed by atoms with E-state index in [1.165, 1.54) is 30.0 Å². The first kappa shape index (κ1) is 22.8. The molecule has 33 heavy (non-hydrogen) atoms. The Morgan fingerprint density at radius 3 is 2.33 bits per heavy atom. The van der Waals surface area contributed by atoms with Gasteiger partial charge in [0.25, 0.3) is 0 Å². The van der Waals surface area contributed by atoms with Crippen molar-refractivity contribution in [1.82, 2.24) is 9.55 Å². The minimum absolute atomic E-state index is 0.0623. The molecule has 4 aromatic rings. The maximum Gasteiger partial charge on any atom is 0.238 e. The number of rotatable bonds is 7. The predicted octanol–water partition coefficient (Wildman–Crippen LogP) is 4.31. The van der Waals surface area contributed by atoms with Gasteiger partial charge < -0.3 is 5.32 Å². The van der Waals surface area contributed by atoms with E-state index in [9.17, 15) is 13.2 Å². The van der Waals surface area contributed by atoms with E-state index in [0.29, 0.717) is 10.8 Å². The van der Waals surface area contributed by atoms with Crippen LogP contribution >= 0.6 is 11.8 Å². The summed E-state index contributed by atoms with van der Waals surface area (Å²) < 4.78 is 25.2. The molecule has 0 fully saturated rings. The fraction of sp³-hybridized carbons (Fsp3) is 0.0833. The van der Waals surface area contributed by atoms with Crippen molar-refractivity contribution in [2.45, 2.75) is 22.2 Å². The number of sulfonamides is 1. The molecule has 0 saturated carbocycles. The molecular formula is C24H22N4O3S2. The molecule has 4 rings (SSSR count). The summed E-state index contributed by atoms with van der Waals surface area (Å²) in [5.41, 5.74) is 3.22. The second-order valence-corrected chi connectivity index (χ2v) is 10.2. The number of amides is 1. The summed E-state index contributed by atoms with van der Waals surface area (Å²) in [5.74, 6) is -0.282. The summed E-state index contributed by atoms with van der Waals surface area (Å²) >= 11 is 1.31. The molecule has 0 aliphatic rings. The number of primary sulfonamides is 1. The SMILES string of the molecule is CC(Sc1ncc(-c2ccccc2)n1-c1ccccc1)C(=O)Nc1cccc(S(N)(=O)=O)c1. The first-order chi connectivity index (χ1) is 15.8. The lowest BCUT2D eigenvalue weighted by atomic mass is 10.1. The minimum atomic E-state index is -3.86. The van der Waals surface area contributed by atoms with Crippen molar-refractivity contribution in [2.24, 2.45) is 5.14 Å². The van der Waals surface area contributed by atoms with E-state index >= 15 is 0 Å². The molecular weight excluding hydrogens is 456 g/mol. The van der Waals surface area contributed by atoms with Crippen LogP contribution in [0.3, 0.4) is 0 Å². The lowest BCUT2D eigenvalue weighted by Gasteiger charge is -2.15. The van der Waals surface area contributed by atoms with Crippen LogP contribution in [0, 0.1) is 0 Å².